The highest BCUT2D eigenvalue weighted by molar-refractivity contribution is 7.96. The molecule has 1 aliphatic rings. The van der Waals surface area contributed by atoms with E-state index in [1.54, 1.807) is 0 Å². The van der Waals surface area contributed by atoms with Crippen LogP contribution in [0.5, 0.6) is 0 Å². The second kappa shape index (κ2) is 5.60. The molecule has 7 heteroatoms. The van der Waals surface area contributed by atoms with E-state index in [1.165, 1.54) is 6.92 Å². The lowest BCUT2D eigenvalue weighted by atomic mass is 9.87. The Hall–Kier alpha value is -0.240. The molecule has 1 aliphatic heterocycles. The van der Waals surface area contributed by atoms with Gasteiger partial charge in [-0.25, -0.2) is 0 Å². The molecule has 1 unspecified atom stereocenters. The van der Waals surface area contributed by atoms with Crippen molar-refractivity contribution in [3.05, 3.63) is 0 Å². The number of nitrogens with one attached hydrogen (secondary N) is 1. The lowest BCUT2D eigenvalue weighted by Gasteiger charge is -2.27. The Morgan fingerprint density at radius 2 is 1.94 bits per heavy atom. The van der Waals surface area contributed by atoms with Crippen LogP contribution in [0.4, 0.5) is 0 Å². The van der Waals surface area contributed by atoms with Gasteiger partial charge in [-0.1, -0.05) is 6.92 Å². The summed E-state index contributed by atoms with van der Waals surface area (Å²) in [5.41, 5.74) is 0. The monoisotopic (exact) mass is 279 g/mol. The van der Waals surface area contributed by atoms with Crippen molar-refractivity contribution in [2.75, 3.05) is 0 Å². The maximum absolute atomic E-state index is 11.4. The maximum atomic E-state index is 11.4. The van der Waals surface area contributed by atoms with Gasteiger partial charge >= 0.3 is 5.97 Å². The molecule has 5 nitrogen and oxygen atoms in total. The molecule has 1 saturated heterocycles. The predicted octanol–water partition coefficient (Wildman–Crippen LogP) is -0.201. The molecule has 1 fully saturated rings. The zero-order chi connectivity index (χ0) is 13.3. The van der Waals surface area contributed by atoms with Gasteiger partial charge in [-0.05, 0) is 12.8 Å². The van der Waals surface area contributed by atoms with E-state index in [2.05, 4.69) is 30.6 Å². The number of carboxylic acids is 1. The summed E-state index contributed by atoms with van der Waals surface area (Å²) in [6.07, 6.45) is -0.881. The Morgan fingerprint density at radius 3 is 2.24 bits per heavy atom. The van der Waals surface area contributed by atoms with Crippen molar-refractivity contribution in [1.82, 2.24) is 5.32 Å². The number of hydrogen-bond acceptors (Lipinski definition) is 5. The molecule has 0 amide bonds. The molecule has 0 saturated carbocycles. The number of aliphatic hydroxyl groups excluding tert-OH is 1. The summed E-state index contributed by atoms with van der Waals surface area (Å²) in [6, 6.07) is -1.24. The van der Waals surface area contributed by atoms with Crippen molar-refractivity contribution in [2.45, 2.75) is 37.3 Å². The first-order valence-corrected chi connectivity index (χ1v) is 6.31. The van der Waals surface area contributed by atoms with Gasteiger partial charge in [0, 0.05) is 11.3 Å². The molecular weight excluding hydrogens is 262 g/mol. The Kier molecular flexibility index (Phi) is 4.88. The first-order chi connectivity index (χ1) is 7.77. The van der Waals surface area contributed by atoms with E-state index in [0.717, 1.165) is 0 Å². The van der Waals surface area contributed by atoms with Crippen molar-refractivity contribution >= 4 is 36.3 Å². The third kappa shape index (κ3) is 2.96. The van der Waals surface area contributed by atoms with Crippen molar-refractivity contribution in [2.24, 2.45) is 11.8 Å². The summed E-state index contributed by atoms with van der Waals surface area (Å²) in [5.74, 6) is -1.88. The lowest BCUT2D eigenvalue weighted by molar-refractivity contribution is -0.139. The number of aliphatic carboxylic acids is 1. The Bertz CT molecular complexity index is 323. The Labute approximate surface area is 111 Å². The SMILES string of the molecule is C[C@@H]1[C@H]([C@H](C(=O)S)[C@@H](C)O)NC(C(=O)O)[C@H]1S. The van der Waals surface area contributed by atoms with E-state index >= 15 is 0 Å². The van der Waals surface area contributed by atoms with Crippen molar-refractivity contribution in [3.8, 4) is 0 Å². The van der Waals surface area contributed by atoms with Crippen molar-refractivity contribution in [3.63, 3.8) is 0 Å². The summed E-state index contributed by atoms with van der Waals surface area (Å²) in [4.78, 5) is 22.4. The number of carbonyl (C=O) groups excluding carboxylic acids is 1. The van der Waals surface area contributed by atoms with E-state index in [-0.39, 0.29) is 5.92 Å². The summed E-state index contributed by atoms with van der Waals surface area (Å²) < 4.78 is 0. The molecule has 0 aromatic carbocycles. The maximum Gasteiger partial charge on any atom is 0.321 e. The first-order valence-electron chi connectivity index (χ1n) is 5.35. The summed E-state index contributed by atoms with van der Waals surface area (Å²) in [6.45, 7) is 3.30. The second-order valence-corrected chi connectivity index (χ2v) is 5.50. The van der Waals surface area contributed by atoms with Gasteiger partial charge in [0.15, 0.2) is 5.12 Å². The van der Waals surface area contributed by atoms with Crippen LogP contribution in [0.1, 0.15) is 13.8 Å². The number of rotatable bonds is 4. The van der Waals surface area contributed by atoms with Gasteiger partial charge in [0.25, 0.3) is 0 Å². The first kappa shape index (κ1) is 14.8. The molecule has 98 valence electrons. The second-order valence-electron chi connectivity index (χ2n) is 4.46. The van der Waals surface area contributed by atoms with E-state index in [4.69, 9.17) is 5.11 Å². The molecule has 0 aromatic rings. The molecule has 0 aliphatic carbocycles. The van der Waals surface area contributed by atoms with Gasteiger partial charge in [0.05, 0.1) is 12.0 Å². The molecular formula is C10H17NO4S2. The van der Waals surface area contributed by atoms with Gasteiger partial charge < -0.3 is 10.2 Å². The van der Waals surface area contributed by atoms with Gasteiger partial charge in [-0.15, -0.1) is 12.6 Å². The third-order valence-corrected chi connectivity index (χ3v) is 4.34. The molecule has 3 N–H and O–H groups in total. The number of hydrogen-bond donors (Lipinski definition) is 5. The van der Waals surface area contributed by atoms with Crippen LogP contribution in [0.15, 0.2) is 0 Å². The largest absolute Gasteiger partial charge is 0.480 e. The highest BCUT2D eigenvalue weighted by atomic mass is 32.1. The molecule has 17 heavy (non-hydrogen) atoms. The molecule has 0 aromatic heterocycles. The van der Waals surface area contributed by atoms with Crippen LogP contribution in [-0.4, -0.2) is 44.7 Å². The third-order valence-electron chi connectivity index (χ3n) is 3.28. The number of aliphatic hydroxyl groups is 1. The fourth-order valence-electron chi connectivity index (χ4n) is 2.28. The van der Waals surface area contributed by atoms with Gasteiger partial charge in [0.2, 0.25) is 0 Å². The average molecular weight is 279 g/mol. The summed E-state index contributed by atoms with van der Waals surface area (Å²) in [5, 5.41) is 20.6. The fraction of sp³-hybridized carbons (Fsp3) is 0.800. The van der Waals surface area contributed by atoms with E-state index < -0.39 is 40.4 Å². The number of thiol groups is 2. The van der Waals surface area contributed by atoms with Crippen molar-refractivity contribution < 1.29 is 19.8 Å². The Balaban J connectivity index is 2.92. The van der Waals surface area contributed by atoms with E-state index in [0.29, 0.717) is 0 Å². The molecule has 1 heterocycles. The average Bonchev–Trinajstić information content (AvgIpc) is 2.45. The van der Waals surface area contributed by atoms with Gasteiger partial charge in [-0.3, -0.25) is 14.9 Å². The van der Waals surface area contributed by atoms with Crippen LogP contribution in [0.25, 0.3) is 0 Å². The number of carbonyl (C=O) groups is 2. The highest BCUT2D eigenvalue weighted by Gasteiger charge is 2.47. The molecule has 0 radical (unpaired) electrons. The zero-order valence-corrected chi connectivity index (χ0v) is 11.4. The molecule has 0 bridgehead atoms. The minimum absolute atomic E-state index is 0.143. The molecule has 0 spiro atoms. The topological polar surface area (TPSA) is 86.6 Å². The normalized spacial score (nSPS) is 36.5. The number of carboxylic acid groups (broad SMARTS) is 1. The minimum Gasteiger partial charge on any atom is -0.480 e. The summed E-state index contributed by atoms with van der Waals surface area (Å²) in [7, 11) is 0. The van der Waals surface area contributed by atoms with Crippen LogP contribution >= 0.6 is 25.3 Å². The van der Waals surface area contributed by atoms with Crippen LogP contribution in [0.3, 0.4) is 0 Å². The lowest BCUT2D eigenvalue weighted by Crippen LogP contribution is -2.46. The quantitative estimate of drug-likeness (QED) is 0.460. The predicted molar refractivity (Wildman–Crippen MR) is 69.4 cm³/mol. The Morgan fingerprint density at radius 1 is 1.41 bits per heavy atom. The zero-order valence-electron chi connectivity index (χ0n) is 9.57. The van der Waals surface area contributed by atoms with E-state index in [9.17, 15) is 14.7 Å². The van der Waals surface area contributed by atoms with Crippen LogP contribution < -0.4 is 5.32 Å². The van der Waals surface area contributed by atoms with Crippen LogP contribution in [-0.2, 0) is 9.59 Å². The van der Waals surface area contributed by atoms with Crippen LogP contribution in [0.2, 0.25) is 0 Å². The van der Waals surface area contributed by atoms with Gasteiger partial charge in [-0.2, -0.15) is 12.6 Å². The molecule has 1 rings (SSSR count). The summed E-state index contributed by atoms with van der Waals surface area (Å²) >= 11 is 8.00. The van der Waals surface area contributed by atoms with Crippen LogP contribution in [0, 0.1) is 11.8 Å². The molecule has 6 atom stereocenters. The van der Waals surface area contributed by atoms with Gasteiger partial charge in [0.1, 0.15) is 6.04 Å². The standard InChI is InChI=1S/C10H17NO4S2/c1-3-6(5(4(2)12)10(15)17)11-7(8(3)16)9(13)14/h3-8,11-12,16H,1-2H3,(H,13,14)(H,15,17)/t3-,4-,5-,6-,7?,8+/m1/s1. The highest BCUT2D eigenvalue weighted by Crippen LogP contribution is 2.32. The smallest absolute Gasteiger partial charge is 0.321 e. The minimum atomic E-state index is -1.00. The van der Waals surface area contributed by atoms with E-state index in [1.807, 2.05) is 6.92 Å². The fourth-order valence-corrected chi connectivity index (χ4v) is 3.06. The van der Waals surface area contributed by atoms with Crippen molar-refractivity contribution in [1.29, 1.82) is 0 Å².